The summed E-state index contributed by atoms with van der Waals surface area (Å²) in [6, 6.07) is 19.3. The van der Waals surface area contributed by atoms with E-state index in [2.05, 4.69) is 31.9 Å². The largest absolute Gasteiger partial charge is 0.508 e. The van der Waals surface area contributed by atoms with Crippen LogP contribution in [0.15, 0.2) is 91.0 Å². The second kappa shape index (κ2) is 44.3. The van der Waals surface area contributed by atoms with Gasteiger partial charge < -0.3 is 80.4 Å². The number of hydrogen-bond acceptors (Lipinski definition) is 23. The third kappa shape index (κ3) is 41.4. The Kier molecular flexibility index (Phi) is 37.3. The number of carboxylic acid groups (broad SMARTS) is 1. The number of phenolic OH excluding ortho intramolecular Hbond substituents is 2. The van der Waals surface area contributed by atoms with Gasteiger partial charge >= 0.3 is 47.8 Å². The minimum absolute atomic E-state index is 0.00722. The Morgan fingerprint density at radius 3 is 1.31 bits per heavy atom. The molecule has 0 spiro atoms. The first-order valence-corrected chi connectivity index (χ1v) is 38.4. The Labute approximate surface area is 669 Å². The maximum Gasteiger partial charge on any atom is 0.329 e. The standard InChI is InChI=1S/C84H122N8O22/c1-79(2,3)109-71(100)40-35-62(76(105)113-83(13,14)15)90-78(107)89-61(75(104)112-82(10,11)12)26-22-23-41-85-74(103)63(46-54-24-20-19-21-25-54)87-69(97)53-108-60-33-27-57(28-34-60)47-64(77(106)114-84(16,17)18)88-68(96)48-86-67(95)38-31-55-29-36-65(93)58(44-55)49-91(51-72(101)110-80(4,5)6)42-43-92(52-73(102)111-81(7,8)9)50-59-45-56(30-37-66(59)94)32-39-70(98)99/h19-21,24-25,27-30,33-34,36-37,44-45,61-64,93-94H,22-23,26,31-32,35,38-43,46-53H2,1-18H3,(H,85,103)(H,86,95)(H,87,97)(H,88,96)(H,98,99)(H2,89,90,107)/t61-,62-,63-,64-/m0/s1. The molecule has 0 bridgehead atoms. The van der Waals surface area contributed by atoms with E-state index in [0.29, 0.717) is 40.7 Å². The molecule has 0 radical (unpaired) electrons. The van der Waals surface area contributed by atoms with E-state index in [1.807, 2.05) is 6.07 Å². The van der Waals surface area contributed by atoms with E-state index in [1.54, 1.807) is 207 Å². The Morgan fingerprint density at radius 1 is 0.412 bits per heavy atom. The van der Waals surface area contributed by atoms with E-state index >= 15 is 0 Å². The minimum Gasteiger partial charge on any atom is -0.508 e. The van der Waals surface area contributed by atoms with Crippen molar-refractivity contribution in [2.24, 2.45) is 0 Å². The summed E-state index contributed by atoms with van der Waals surface area (Å²) >= 11 is 0. The van der Waals surface area contributed by atoms with Crippen LogP contribution in [0.1, 0.15) is 203 Å². The average molecular weight is 1600 g/mol. The van der Waals surface area contributed by atoms with Crippen LogP contribution in [0.25, 0.3) is 0 Å². The number of hydrogen-bond donors (Lipinski definition) is 9. The van der Waals surface area contributed by atoms with Crippen LogP contribution in [-0.4, -0.2) is 200 Å². The number of nitrogens with zero attached hydrogens (tertiary/aromatic N) is 2. The quantitative estimate of drug-likeness (QED) is 0.0114. The molecule has 0 aliphatic heterocycles. The molecule has 4 atom stereocenters. The number of unbranched alkanes of at least 4 members (excludes halogenated alkanes) is 1. The van der Waals surface area contributed by atoms with Gasteiger partial charge in [0.1, 0.15) is 75.0 Å². The molecule has 4 rings (SSSR count). The number of aromatic hydroxyl groups is 2. The van der Waals surface area contributed by atoms with Gasteiger partial charge in [0.2, 0.25) is 17.7 Å². The minimum atomic E-state index is -1.28. The van der Waals surface area contributed by atoms with Gasteiger partial charge in [-0.2, -0.15) is 0 Å². The molecule has 30 nitrogen and oxygen atoms in total. The zero-order valence-electron chi connectivity index (χ0n) is 69.6. The van der Waals surface area contributed by atoms with Crippen LogP contribution in [-0.2, 0) is 120 Å². The molecule has 0 heterocycles. The first kappa shape index (κ1) is 96.0. The van der Waals surface area contributed by atoms with Gasteiger partial charge in [0.15, 0.2) is 6.61 Å². The van der Waals surface area contributed by atoms with Crippen LogP contribution >= 0.6 is 0 Å². The fraction of sp³-hybridized carbons (Fsp3) is 0.571. The van der Waals surface area contributed by atoms with Crippen molar-refractivity contribution < 1.29 is 106 Å². The smallest absolute Gasteiger partial charge is 0.329 e. The summed E-state index contributed by atoms with van der Waals surface area (Å²) in [5.74, 6) is -7.24. The van der Waals surface area contributed by atoms with Crippen molar-refractivity contribution in [3.8, 4) is 17.2 Å². The van der Waals surface area contributed by atoms with Gasteiger partial charge in [-0.3, -0.25) is 48.2 Å². The van der Waals surface area contributed by atoms with Crippen LogP contribution in [0.5, 0.6) is 17.2 Å². The van der Waals surface area contributed by atoms with Crippen molar-refractivity contribution in [3.63, 3.8) is 0 Å². The van der Waals surface area contributed by atoms with Gasteiger partial charge in [0.05, 0.1) is 19.6 Å². The fourth-order valence-corrected chi connectivity index (χ4v) is 11.2. The third-order valence-electron chi connectivity index (χ3n) is 16.0. The summed E-state index contributed by atoms with van der Waals surface area (Å²) in [5.41, 5.74) is -1.80. The summed E-state index contributed by atoms with van der Waals surface area (Å²) in [7, 11) is 0. The van der Waals surface area contributed by atoms with Crippen LogP contribution in [0.3, 0.4) is 0 Å². The molecule has 114 heavy (non-hydrogen) atoms. The molecule has 0 fully saturated rings. The molecule has 0 aromatic heterocycles. The number of nitrogens with one attached hydrogen (secondary N) is 6. The molecule has 630 valence electrons. The van der Waals surface area contributed by atoms with E-state index in [1.165, 1.54) is 12.1 Å². The summed E-state index contributed by atoms with van der Waals surface area (Å²) in [6.45, 7) is 29.4. The van der Waals surface area contributed by atoms with Crippen molar-refractivity contribution in [2.45, 2.75) is 266 Å². The molecule has 4 aromatic rings. The van der Waals surface area contributed by atoms with Crippen molar-refractivity contribution >= 4 is 71.4 Å². The van der Waals surface area contributed by atoms with Gasteiger partial charge in [-0.1, -0.05) is 66.7 Å². The van der Waals surface area contributed by atoms with Crippen LogP contribution < -0.4 is 36.6 Å². The topological polar surface area (TPSA) is 409 Å². The molecule has 0 aliphatic rings. The Morgan fingerprint density at radius 2 is 0.833 bits per heavy atom. The van der Waals surface area contributed by atoms with Gasteiger partial charge in [-0.05, 0) is 210 Å². The lowest BCUT2D eigenvalue weighted by Gasteiger charge is -2.29. The van der Waals surface area contributed by atoms with E-state index in [4.69, 9.17) is 33.2 Å². The number of carbonyl (C=O) groups is 12. The number of ether oxygens (including phenoxy) is 7. The van der Waals surface area contributed by atoms with Crippen LogP contribution in [0.4, 0.5) is 4.79 Å². The van der Waals surface area contributed by atoms with E-state index in [9.17, 15) is 72.9 Å². The average Bonchev–Trinajstić information content (AvgIpc) is 0.865. The monoisotopic (exact) mass is 1590 g/mol. The molecule has 9 N–H and O–H groups in total. The van der Waals surface area contributed by atoms with E-state index in [0.717, 1.165) is 5.56 Å². The third-order valence-corrected chi connectivity index (χ3v) is 16.0. The molecule has 30 heteroatoms. The highest BCUT2D eigenvalue weighted by atomic mass is 16.6. The number of rotatable bonds is 42. The Balaban J connectivity index is 1.38. The van der Waals surface area contributed by atoms with Crippen molar-refractivity contribution in [3.05, 3.63) is 124 Å². The van der Waals surface area contributed by atoms with Gasteiger partial charge in [-0.15, -0.1) is 0 Å². The molecule has 6 amide bonds. The lowest BCUT2D eigenvalue weighted by molar-refractivity contribution is -0.160. The van der Waals surface area contributed by atoms with Gasteiger partial charge in [0, 0.05) is 76.0 Å². The number of aryl methyl sites for hydroxylation is 2. The zero-order chi connectivity index (χ0) is 85.5. The highest BCUT2D eigenvalue weighted by molar-refractivity contribution is 5.90. The van der Waals surface area contributed by atoms with Crippen molar-refractivity contribution in [1.82, 2.24) is 41.7 Å². The lowest BCUT2D eigenvalue weighted by Crippen LogP contribution is -2.53. The van der Waals surface area contributed by atoms with E-state index in [-0.39, 0.29) is 121 Å². The predicted molar refractivity (Wildman–Crippen MR) is 424 cm³/mol. The molecule has 0 aliphatic carbocycles. The number of esters is 6. The number of carbonyl (C=O) groups excluding carboxylic acids is 11. The molecular weight excluding hydrogens is 1470 g/mol. The Bertz CT molecular complexity index is 3880. The Hall–Kier alpha value is -10.4. The highest BCUT2D eigenvalue weighted by Gasteiger charge is 2.34. The summed E-state index contributed by atoms with van der Waals surface area (Å²) in [4.78, 5) is 162. The van der Waals surface area contributed by atoms with Crippen molar-refractivity contribution in [1.29, 1.82) is 0 Å². The van der Waals surface area contributed by atoms with Crippen LogP contribution in [0.2, 0.25) is 0 Å². The predicted octanol–water partition coefficient (Wildman–Crippen LogP) is 8.46. The SMILES string of the molecule is CC(C)(C)OC(=O)CC[C@H](NC(=O)N[C@@H](CCCCNC(=O)[C@H](Cc1ccccc1)NC(=O)COc1ccc(C[C@H](NC(=O)CNC(=O)CCc2ccc(O)c(CN(CCN(CC(=O)OC(C)(C)C)Cc3cc(CCC(=O)O)ccc3O)CC(=O)OC(C)(C)C)c2)C(=O)OC(C)(C)C)cc1)C(=O)OC(C)(C)C)C(=O)OC(C)(C)C. The highest BCUT2D eigenvalue weighted by Crippen LogP contribution is 2.26. The van der Waals surface area contributed by atoms with Crippen molar-refractivity contribution in [2.75, 3.05) is 45.9 Å². The molecule has 4 aromatic carbocycles. The normalized spacial score (nSPS) is 13.0. The maximum absolute atomic E-state index is 13.9. The number of amides is 6. The zero-order valence-corrected chi connectivity index (χ0v) is 69.6. The number of phenols is 2. The number of carboxylic acids is 1. The molecular formula is C84H122N8O22. The first-order chi connectivity index (χ1) is 52.8. The molecule has 0 saturated heterocycles. The number of aliphatic carboxylic acids is 1. The molecule has 0 saturated carbocycles. The number of urea groups is 1. The molecule has 0 unspecified atom stereocenters. The lowest BCUT2D eigenvalue weighted by atomic mass is 10.0. The summed E-state index contributed by atoms with van der Waals surface area (Å²) in [6.07, 6.45) is 0.489. The second-order valence-electron chi connectivity index (χ2n) is 34.0. The summed E-state index contributed by atoms with van der Waals surface area (Å²) < 4.78 is 39.4. The fourth-order valence-electron chi connectivity index (χ4n) is 11.2. The summed E-state index contributed by atoms with van der Waals surface area (Å²) in [5, 5.41) is 47.4. The second-order valence-corrected chi connectivity index (χ2v) is 34.0. The van der Waals surface area contributed by atoms with E-state index < -0.39 is 142 Å². The van der Waals surface area contributed by atoms with Crippen LogP contribution in [0, 0.1) is 0 Å². The first-order valence-electron chi connectivity index (χ1n) is 38.4. The van der Waals surface area contributed by atoms with Gasteiger partial charge in [0.25, 0.3) is 5.91 Å². The number of benzene rings is 4. The van der Waals surface area contributed by atoms with Gasteiger partial charge in [-0.25, -0.2) is 19.2 Å². The maximum atomic E-state index is 13.9.